The Balaban J connectivity index is 2.50. The fourth-order valence-corrected chi connectivity index (χ4v) is 2.94. The summed E-state index contributed by atoms with van der Waals surface area (Å²) < 4.78 is 11.5. The molecule has 0 aromatic heterocycles. The Labute approximate surface area is 119 Å². The molecule has 19 heavy (non-hydrogen) atoms. The van der Waals surface area contributed by atoms with E-state index in [1.165, 1.54) is 38.5 Å². The molecule has 2 unspecified atom stereocenters. The average molecular weight is 271 g/mol. The van der Waals surface area contributed by atoms with Crippen molar-refractivity contribution in [3.63, 3.8) is 0 Å². The van der Waals surface area contributed by atoms with Crippen LogP contribution in [-0.2, 0) is 9.47 Å². The van der Waals surface area contributed by atoms with Crippen molar-refractivity contribution in [3.8, 4) is 0 Å². The first kappa shape index (κ1) is 16.9. The molecule has 0 spiro atoms. The molecular weight excluding hydrogens is 238 g/mol. The number of nitrogens with one attached hydrogen (secondary N) is 1. The van der Waals surface area contributed by atoms with Gasteiger partial charge in [0.1, 0.15) is 0 Å². The van der Waals surface area contributed by atoms with E-state index >= 15 is 0 Å². The fourth-order valence-electron chi connectivity index (χ4n) is 2.94. The zero-order valence-corrected chi connectivity index (χ0v) is 13.1. The lowest BCUT2D eigenvalue weighted by atomic mass is 9.89. The molecule has 3 heteroatoms. The molecule has 2 atom stereocenters. The first-order valence-electron chi connectivity index (χ1n) is 8.24. The van der Waals surface area contributed by atoms with Gasteiger partial charge in [-0.05, 0) is 51.5 Å². The van der Waals surface area contributed by atoms with Crippen LogP contribution in [0.2, 0.25) is 0 Å². The number of ether oxygens (including phenoxy) is 2. The molecule has 0 aromatic rings. The van der Waals surface area contributed by atoms with Crippen LogP contribution in [0.15, 0.2) is 0 Å². The first-order valence-corrected chi connectivity index (χ1v) is 8.24. The van der Waals surface area contributed by atoms with E-state index in [9.17, 15) is 0 Å². The third-order valence-corrected chi connectivity index (χ3v) is 3.99. The van der Waals surface area contributed by atoms with E-state index in [0.29, 0.717) is 12.1 Å². The zero-order chi connectivity index (χ0) is 13.9. The van der Waals surface area contributed by atoms with Crippen molar-refractivity contribution in [2.75, 3.05) is 26.4 Å². The second-order valence-electron chi connectivity index (χ2n) is 5.63. The van der Waals surface area contributed by atoms with E-state index in [4.69, 9.17) is 9.47 Å². The van der Waals surface area contributed by atoms with Gasteiger partial charge in [0.25, 0.3) is 0 Å². The molecule has 0 saturated carbocycles. The van der Waals surface area contributed by atoms with Gasteiger partial charge >= 0.3 is 0 Å². The van der Waals surface area contributed by atoms with Crippen LogP contribution in [0.1, 0.15) is 59.3 Å². The monoisotopic (exact) mass is 271 g/mol. The van der Waals surface area contributed by atoms with Crippen molar-refractivity contribution in [2.45, 2.75) is 71.4 Å². The number of hydrogen-bond acceptors (Lipinski definition) is 3. The summed E-state index contributed by atoms with van der Waals surface area (Å²) >= 11 is 0. The summed E-state index contributed by atoms with van der Waals surface area (Å²) in [5, 5.41) is 3.72. The molecule has 0 aliphatic carbocycles. The molecule has 1 fully saturated rings. The van der Waals surface area contributed by atoms with E-state index in [0.717, 1.165) is 32.3 Å². The minimum atomic E-state index is 0.379. The molecule has 1 aliphatic rings. The van der Waals surface area contributed by atoms with Crippen molar-refractivity contribution in [2.24, 2.45) is 5.92 Å². The lowest BCUT2D eigenvalue weighted by molar-refractivity contribution is 0.00947. The summed E-state index contributed by atoms with van der Waals surface area (Å²) in [5.74, 6) is 0.808. The van der Waals surface area contributed by atoms with Crippen LogP contribution < -0.4 is 5.32 Å². The highest BCUT2D eigenvalue weighted by Crippen LogP contribution is 2.23. The smallest absolute Gasteiger partial charge is 0.0727 e. The molecular formula is C16H33NO2. The van der Waals surface area contributed by atoms with Gasteiger partial charge in [0.15, 0.2) is 0 Å². The highest BCUT2D eigenvalue weighted by Gasteiger charge is 2.25. The number of hydrogen-bond donors (Lipinski definition) is 1. The van der Waals surface area contributed by atoms with E-state index < -0.39 is 0 Å². The lowest BCUT2D eigenvalue weighted by Gasteiger charge is -2.32. The van der Waals surface area contributed by atoms with Crippen LogP contribution in [0.25, 0.3) is 0 Å². The van der Waals surface area contributed by atoms with Crippen LogP contribution >= 0.6 is 0 Å². The molecule has 0 bridgehead atoms. The Hall–Kier alpha value is -0.120. The Morgan fingerprint density at radius 2 is 1.89 bits per heavy atom. The third-order valence-electron chi connectivity index (χ3n) is 3.99. The van der Waals surface area contributed by atoms with E-state index in [1.54, 1.807) is 0 Å². The maximum absolute atomic E-state index is 5.99. The topological polar surface area (TPSA) is 30.5 Å². The molecule has 1 aliphatic heterocycles. The van der Waals surface area contributed by atoms with Gasteiger partial charge in [-0.3, -0.25) is 0 Å². The van der Waals surface area contributed by atoms with Gasteiger partial charge in [-0.2, -0.15) is 0 Å². The highest BCUT2D eigenvalue weighted by molar-refractivity contribution is 4.81. The summed E-state index contributed by atoms with van der Waals surface area (Å²) in [4.78, 5) is 0. The van der Waals surface area contributed by atoms with Crippen molar-refractivity contribution in [3.05, 3.63) is 0 Å². The van der Waals surface area contributed by atoms with Gasteiger partial charge in [0.05, 0.1) is 6.10 Å². The van der Waals surface area contributed by atoms with Crippen molar-refractivity contribution < 1.29 is 9.47 Å². The second kappa shape index (κ2) is 10.6. The maximum Gasteiger partial charge on any atom is 0.0727 e. The van der Waals surface area contributed by atoms with Crippen molar-refractivity contribution >= 4 is 0 Å². The predicted molar refractivity (Wildman–Crippen MR) is 80.6 cm³/mol. The van der Waals surface area contributed by atoms with Gasteiger partial charge in [-0.25, -0.2) is 0 Å². The average Bonchev–Trinajstić information content (AvgIpc) is 2.44. The van der Waals surface area contributed by atoms with Gasteiger partial charge in [-0.15, -0.1) is 0 Å². The quantitative estimate of drug-likeness (QED) is 0.661. The minimum Gasteiger partial charge on any atom is -0.381 e. The van der Waals surface area contributed by atoms with Crippen LogP contribution in [0, 0.1) is 5.92 Å². The molecule has 1 N–H and O–H groups in total. The van der Waals surface area contributed by atoms with Gasteiger partial charge in [0, 0.05) is 25.9 Å². The molecule has 0 amide bonds. The van der Waals surface area contributed by atoms with Crippen molar-refractivity contribution in [1.29, 1.82) is 0 Å². The predicted octanol–water partition coefficient (Wildman–Crippen LogP) is 3.38. The Kier molecular flexibility index (Phi) is 9.48. The Bertz CT molecular complexity index is 199. The third kappa shape index (κ3) is 6.73. The van der Waals surface area contributed by atoms with Gasteiger partial charge < -0.3 is 14.8 Å². The molecule has 114 valence electrons. The standard InChI is InChI=1S/C16H33NO2/c1-4-7-16(19-6-3)15(17-10-5-2)13-14-8-11-18-12-9-14/h14-17H,4-13H2,1-3H3. The summed E-state index contributed by atoms with van der Waals surface area (Å²) in [6.07, 6.45) is 7.61. The minimum absolute atomic E-state index is 0.379. The molecule has 3 nitrogen and oxygen atoms in total. The largest absolute Gasteiger partial charge is 0.381 e. The maximum atomic E-state index is 5.99. The number of rotatable bonds is 10. The van der Waals surface area contributed by atoms with E-state index in [1.807, 2.05) is 0 Å². The van der Waals surface area contributed by atoms with E-state index in [-0.39, 0.29) is 0 Å². The summed E-state index contributed by atoms with van der Waals surface area (Å²) in [6, 6.07) is 0.517. The summed E-state index contributed by atoms with van der Waals surface area (Å²) in [5.41, 5.74) is 0. The molecule has 1 saturated heterocycles. The van der Waals surface area contributed by atoms with Crippen molar-refractivity contribution in [1.82, 2.24) is 5.32 Å². The fraction of sp³-hybridized carbons (Fsp3) is 1.00. The SMILES string of the molecule is CCCNC(CC1CCOCC1)C(CCC)OCC. The van der Waals surface area contributed by atoms with E-state index in [2.05, 4.69) is 26.1 Å². The Morgan fingerprint density at radius 1 is 1.16 bits per heavy atom. The second-order valence-corrected chi connectivity index (χ2v) is 5.63. The summed E-state index contributed by atoms with van der Waals surface area (Å²) in [6.45, 7) is 10.4. The lowest BCUT2D eigenvalue weighted by Crippen LogP contribution is -2.43. The molecule has 0 aromatic carbocycles. The van der Waals surface area contributed by atoms with Crippen LogP contribution in [-0.4, -0.2) is 38.5 Å². The molecule has 0 radical (unpaired) electrons. The zero-order valence-electron chi connectivity index (χ0n) is 13.1. The summed E-state index contributed by atoms with van der Waals surface area (Å²) in [7, 11) is 0. The van der Waals surface area contributed by atoms with Crippen LogP contribution in [0.3, 0.4) is 0 Å². The van der Waals surface area contributed by atoms with Crippen LogP contribution in [0.5, 0.6) is 0 Å². The van der Waals surface area contributed by atoms with Gasteiger partial charge in [-0.1, -0.05) is 20.3 Å². The first-order chi connectivity index (χ1) is 9.31. The Morgan fingerprint density at radius 3 is 2.47 bits per heavy atom. The molecule has 1 heterocycles. The van der Waals surface area contributed by atoms with Gasteiger partial charge in [0.2, 0.25) is 0 Å². The van der Waals surface area contributed by atoms with Crippen LogP contribution in [0.4, 0.5) is 0 Å². The highest BCUT2D eigenvalue weighted by atomic mass is 16.5. The normalized spacial score (nSPS) is 20.4. The molecule has 1 rings (SSSR count).